The van der Waals surface area contributed by atoms with Crippen molar-refractivity contribution in [1.82, 2.24) is 20.9 Å². The number of guanidine groups is 1. The molecule has 3 N–H and O–H groups in total. The summed E-state index contributed by atoms with van der Waals surface area (Å²) in [6, 6.07) is 7.47. The summed E-state index contributed by atoms with van der Waals surface area (Å²) < 4.78 is 5.34. The highest BCUT2D eigenvalue weighted by Crippen LogP contribution is 2.13. The molecule has 0 bridgehead atoms. The van der Waals surface area contributed by atoms with E-state index in [-0.39, 0.29) is 35.9 Å². The van der Waals surface area contributed by atoms with E-state index in [1.165, 1.54) is 0 Å². The molecular weight excluding hydrogens is 497 g/mol. The van der Waals surface area contributed by atoms with Gasteiger partial charge in [-0.2, -0.15) is 0 Å². The topological polar surface area (TPSA) is 95.1 Å². The van der Waals surface area contributed by atoms with Crippen LogP contribution in [0.1, 0.15) is 50.0 Å². The number of likely N-dealkylation sites (tertiary alicyclic amines) is 1. The van der Waals surface area contributed by atoms with Gasteiger partial charge in [0, 0.05) is 32.2 Å². The Labute approximate surface area is 196 Å². The number of alkyl carbamates (subject to hydrolysis) is 1. The first-order valence-electron chi connectivity index (χ1n) is 10.1. The van der Waals surface area contributed by atoms with Gasteiger partial charge < -0.3 is 25.6 Å². The zero-order chi connectivity index (χ0) is 21.4. The Balaban J connectivity index is 0.00000450. The van der Waals surface area contributed by atoms with E-state index in [0.717, 1.165) is 31.0 Å². The van der Waals surface area contributed by atoms with Gasteiger partial charge in [0.1, 0.15) is 5.60 Å². The van der Waals surface area contributed by atoms with E-state index >= 15 is 0 Å². The summed E-state index contributed by atoms with van der Waals surface area (Å²) in [5.41, 5.74) is 1.07. The second-order valence-electron chi connectivity index (χ2n) is 8.03. The molecular formula is C21H34IN5O3. The maximum absolute atomic E-state index is 12.0. The minimum atomic E-state index is -0.512. The molecule has 0 aliphatic carbocycles. The van der Waals surface area contributed by atoms with Crippen LogP contribution in [-0.2, 0) is 11.3 Å². The summed E-state index contributed by atoms with van der Waals surface area (Å²) >= 11 is 0. The lowest BCUT2D eigenvalue weighted by molar-refractivity contribution is 0.0507. The fraction of sp³-hybridized carbons (Fsp3) is 0.571. The lowest BCUT2D eigenvalue weighted by atomic mass is 10.1. The fourth-order valence-corrected chi connectivity index (χ4v) is 3.09. The number of amides is 2. The van der Waals surface area contributed by atoms with Gasteiger partial charge in [-0.1, -0.05) is 12.1 Å². The van der Waals surface area contributed by atoms with Crippen LogP contribution in [0.3, 0.4) is 0 Å². The molecule has 1 aliphatic heterocycles. The Bertz CT molecular complexity index is 748. The summed E-state index contributed by atoms with van der Waals surface area (Å²) in [6.45, 7) is 10.3. The Morgan fingerprint density at radius 1 is 1.30 bits per heavy atom. The average Bonchev–Trinajstić information content (AvgIpc) is 3.11. The summed E-state index contributed by atoms with van der Waals surface area (Å²) in [5, 5.41) is 8.87. The predicted octanol–water partition coefficient (Wildman–Crippen LogP) is 2.73. The molecule has 1 aromatic rings. The first-order chi connectivity index (χ1) is 13.7. The number of hydrogen-bond donors (Lipinski definition) is 3. The Morgan fingerprint density at radius 3 is 2.67 bits per heavy atom. The maximum atomic E-state index is 12.0. The van der Waals surface area contributed by atoms with Crippen LogP contribution in [0, 0.1) is 0 Å². The van der Waals surface area contributed by atoms with Gasteiger partial charge in [-0.3, -0.25) is 4.79 Å². The highest BCUT2D eigenvalue weighted by molar-refractivity contribution is 14.0. The normalized spacial score (nSPS) is 16.5. The molecule has 0 saturated carbocycles. The third kappa shape index (κ3) is 8.37. The van der Waals surface area contributed by atoms with Crippen molar-refractivity contribution in [3.8, 4) is 0 Å². The Morgan fingerprint density at radius 2 is 2.03 bits per heavy atom. The monoisotopic (exact) mass is 531 g/mol. The zero-order valence-corrected chi connectivity index (χ0v) is 20.8. The summed E-state index contributed by atoms with van der Waals surface area (Å²) in [4.78, 5) is 30.7. The molecule has 2 amide bonds. The number of benzene rings is 1. The van der Waals surface area contributed by atoms with Crippen molar-refractivity contribution in [3.63, 3.8) is 0 Å². The van der Waals surface area contributed by atoms with Crippen LogP contribution in [0.2, 0.25) is 0 Å². The zero-order valence-electron chi connectivity index (χ0n) is 18.4. The van der Waals surface area contributed by atoms with Gasteiger partial charge in [0.15, 0.2) is 5.96 Å². The molecule has 9 heteroatoms. The molecule has 1 unspecified atom stereocenters. The first-order valence-corrected chi connectivity index (χ1v) is 10.1. The Kier molecular flexibility index (Phi) is 10.4. The van der Waals surface area contributed by atoms with Crippen molar-refractivity contribution in [2.24, 2.45) is 4.99 Å². The minimum absolute atomic E-state index is 0. The number of ether oxygens (including phenoxy) is 1. The van der Waals surface area contributed by atoms with Gasteiger partial charge in [0.25, 0.3) is 5.91 Å². The molecule has 1 heterocycles. The second-order valence-corrected chi connectivity index (χ2v) is 8.03. The van der Waals surface area contributed by atoms with Crippen LogP contribution in [0.5, 0.6) is 0 Å². The quantitative estimate of drug-likeness (QED) is 0.309. The van der Waals surface area contributed by atoms with Crippen LogP contribution >= 0.6 is 24.0 Å². The number of carbonyl (C=O) groups is 2. The molecule has 30 heavy (non-hydrogen) atoms. The van der Waals surface area contributed by atoms with Crippen molar-refractivity contribution in [1.29, 1.82) is 0 Å². The predicted molar refractivity (Wildman–Crippen MR) is 129 cm³/mol. The van der Waals surface area contributed by atoms with Crippen LogP contribution in [0.4, 0.5) is 4.79 Å². The van der Waals surface area contributed by atoms with E-state index in [4.69, 9.17) is 9.73 Å². The molecule has 0 radical (unpaired) electrons. The number of aliphatic imine (C=N–C) groups is 1. The largest absolute Gasteiger partial charge is 0.444 e. The van der Waals surface area contributed by atoms with Crippen molar-refractivity contribution in [3.05, 3.63) is 35.4 Å². The van der Waals surface area contributed by atoms with E-state index in [0.29, 0.717) is 18.7 Å². The second kappa shape index (κ2) is 12.0. The molecule has 0 aromatic heterocycles. The number of hydrogen-bond acceptors (Lipinski definition) is 4. The van der Waals surface area contributed by atoms with E-state index in [1.807, 2.05) is 45.9 Å². The molecule has 168 valence electrons. The van der Waals surface area contributed by atoms with Gasteiger partial charge in [0.2, 0.25) is 0 Å². The Hall–Kier alpha value is -2.04. The standard InChI is InChI=1S/C21H33N5O3.HI/c1-6-23-19(24-13-15-8-7-9-16(12-15)18(27)22-5)26-11-10-17(14-26)25-20(28)29-21(2,3)4;/h7-9,12,17H,6,10-11,13-14H2,1-5H3,(H,22,27)(H,23,24)(H,25,28);1H. The molecule has 1 aliphatic rings. The molecule has 1 fully saturated rings. The average molecular weight is 531 g/mol. The van der Waals surface area contributed by atoms with Gasteiger partial charge in [-0.25, -0.2) is 9.79 Å². The van der Waals surface area contributed by atoms with Gasteiger partial charge >= 0.3 is 6.09 Å². The number of carbonyl (C=O) groups excluding carboxylic acids is 2. The van der Waals surface area contributed by atoms with Gasteiger partial charge in [0.05, 0.1) is 12.6 Å². The lowest BCUT2D eigenvalue weighted by Crippen LogP contribution is -2.44. The van der Waals surface area contributed by atoms with Crippen molar-refractivity contribution in [2.75, 3.05) is 26.7 Å². The van der Waals surface area contributed by atoms with Crippen LogP contribution in [0.25, 0.3) is 0 Å². The van der Waals surface area contributed by atoms with Crippen LogP contribution < -0.4 is 16.0 Å². The third-order valence-corrected chi connectivity index (χ3v) is 4.37. The summed E-state index contributed by atoms with van der Waals surface area (Å²) in [6.07, 6.45) is 0.438. The van der Waals surface area contributed by atoms with Crippen LogP contribution in [0.15, 0.2) is 29.3 Å². The van der Waals surface area contributed by atoms with E-state index in [1.54, 1.807) is 13.1 Å². The molecule has 1 atom stereocenters. The number of nitrogens with zero attached hydrogens (tertiary/aromatic N) is 2. The molecule has 0 spiro atoms. The van der Waals surface area contributed by atoms with Gasteiger partial charge in [-0.15, -0.1) is 24.0 Å². The lowest BCUT2D eigenvalue weighted by Gasteiger charge is -2.23. The minimum Gasteiger partial charge on any atom is -0.444 e. The smallest absolute Gasteiger partial charge is 0.407 e. The maximum Gasteiger partial charge on any atom is 0.407 e. The number of nitrogens with one attached hydrogen (secondary N) is 3. The fourth-order valence-electron chi connectivity index (χ4n) is 3.09. The highest BCUT2D eigenvalue weighted by Gasteiger charge is 2.27. The third-order valence-electron chi connectivity index (χ3n) is 4.37. The number of rotatable bonds is 5. The molecule has 8 nitrogen and oxygen atoms in total. The van der Waals surface area contributed by atoms with Crippen molar-refractivity contribution in [2.45, 2.75) is 52.3 Å². The van der Waals surface area contributed by atoms with Gasteiger partial charge in [-0.05, 0) is 51.8 Å². The van der Waals surface area contributed by atoms with Crippen LogP contribution in [-0.4, -0.2) is 61.2 Å². The molecule has 1 saturated heterocycles. The van der Waals surface area contributed by atoms with Crippen molar-refractivity contribution < 1.29 is 14.3 Å². The number of halogens is 1. The first kappa shape index (κ1) is 26.0. The summed E-state index contributed by atoms with van der Waals surface area (Å²) in [7, 11) is 1.62. The van der Waals surface area contributed by atoms with E-state index < -0.39 is 11.7 Å². The molecule has 2 rings (SSSR count). The SMILES string of the molecule is CCNC(=NCc1cccc(C(=O)NC)c1)N1CCC(NC(=O)OC(C)(C)C)C1.I. The van der Waals surface area contributed by atoms with Crippen molar-refractivity contribution >= 4 is 41.9 Å². The molecule has 1 aromatic carbocycles. The van der Waals surface area contributed by atoms with E-state index in [2.05, 4.69) is 20.9 Å². The van der Waals surface area contributed by atoms with E-state index in [9.17, 15) is 9.59 Å². The summed E-state index contributed by atoms with van der Waals surface area (Å²) in [5.74, 6) is 0.685. The highest BCUT2D eigenvalue weighted by atomic mass is 127.